The lowest BCUT2D eigenvalue weighted by molar-refractivity contribution is 1.13. The first-order valence-electron chi connectivity index (χ1n) is 6.48. The fourth-order valence-electron chi connectivity index (χ4n) is 1.99. The zero-order valence-electron chi connectivity index (χ0n) is 11.5. The third-order valence-electron chi connectivity index (χ3n) is 3.12. The summed E-state index contributed by atoms with van der Waals surface area (Å²) in [5.41, 5.74) is 4.16. The molecule has 0 aliphatic rings. The molecule has 0 atom stereocenters. The Bertz CT molecular complexity index is 706. The van der Waals surface area contributed by atoms with Crippen molar-refractivity contribution in [2.24, 2.45) is 4.99 Å². The number of hydrogen-bond donors (Lipinski definition) is 1. The molecule has 0 spiro atoms. The minimum Gasteiger partial charge on any atom is -0.378 e. The summed E-state index contributed by atoms with van der Waals surface area (Å²) in [5, 5.41) is 0. The van der Waals surface area contributed by atoms with E-state index in [0.717, 1.165) is 16.6 Å². The molecule has 100 valence electrons. The van der Waals surface area contributed by atoms with Gasteiger partial charge in [0, 0.05) is 26.0 Å². The van der Waals surface area contributed by atoms with E-state index in [2.05, 4.69) is 32.0 Å². The maximum atomic E-state index is 4.41. The van der Waals surface area contributed by atoms with E-state index in [1.165, 1.54) is 5.69 Å². The molecule has 0 aliphatic heterocycles. The lowest BCUT2D eigenvalue weighted by atomic mass is 10.2. The van der Waals surface area contributed by atoms with Crippen molar-refractivity contribution in [1.82, 2.24) is 9.97 Å². The van der Waals surface area contributed by atoms with Gasteiger partial charge >= 0.3 is 0 Å². The number of aromatic amines is 1. The third-order valence-corrected chi connectivity index (χ3v) is 3.12. The molecule has 0 aliphatic carbocycles. The van der Waals surface area contributed by atoms with Crippen molar-refractivity contribution in [3.63, 3.8) is 0 Å². The first-order chi connectivity index (χ1) is 9.72. The van der Waals surface area contributed by atoms with E-state index >= 15 is 0 Å². The number of fused-ring (bicyclic) bond motifs is 1. The molecule has 3 aromatic rings. The van der Waals surface area contributed by atoms with Crippen LogP contribution in [0.15, 0.2) is 53.5 Å². The maximum Gasteiger partial charge on any atom is 0.227 e. The second-order valence-electron chi connectivity index (χ2n) is 4.82. The highest BCUT2D eigenvalue weighted by molar-refractivity contribution is 5.83. The highest BCUT2D eigenvalue weighted by Crippen LogP contribution is 2.16. The number of hydrogen-bond acceptors (Lipinski definition) is 3. The number of rotatable bonds is 3. The number of anilines is 1. The van der Waals surface area contributed by atoms with Crippen LogP contribution in [0.1, 0.15) is 5.56 Å². The van der Waals surface area contributed by atoms with Gasteiger partial charge in [0.05, 0.1) is 11.0 Å². The Morgan fingerprint density at radius 2 is 1.80 bits per heavy atom. The average molecular weight is 264 g/mol. The quantitative estimate of drug-likeness (QED) is 0.737. The van der Waals surface area contributed by atoms with Gasteiger partial charge in [-0.05, 0) is 29.8 Å². The molecule has 0 bridgehead atoms. The molecule has 0 unspecified atom stereocenters. The summed E-state index contributed by atoms with van der Waals surface area (Å²) in [6, 6.07) is 16.1. The minimum atomic E-state index is 0.628. The molecule has 1 N–H and O–H groups in total. The SMILES string of the molecule is CN(C)c1ccc(C=Nc2nc3ccccc3[nH]2)cc1. The normalized spacial score (nSPS) is 11.3. The van der Waals surface area contributed by atoms with E-state index in [-0.39, 0.29) is 0 Å². The van der Waals surface area contributed by atoms with Gasteiger partial charge in [0.15, 0.2) is 0 Å². The molecule has 0 amide bonds. The van der Waals surface area contributed by atoms with Crippen LogP contribution in [0.4, 0.5) is 11.6 Å². The van der Waals surface area contributed by atoms with Crippen LogP contribution in [0.25, 0.3) is 11.0 Å². The monoisotopic (exact) mass is 264 g/mol. The number of aromatic nitrogens is 2. The van der Waals surface area contributed by atoms with Crippen molar-refractivity contribution in [2.45, 2.75) is 0 Å². The molecular weight excluding hydrogens is 248 g/mol. The van der Waals surface area contributed by atoms with E-state index < -0.39 is 0 Å². The summed E-state index contributed by atoms with van der Waals surface area (Å²) in [6.45, 7) is 0. The number of aliphatic imine (C=N–C) groups is 1. The van der Waals surface area contributed by atoms with E-state index in [1.54, 1.807) is 0 Å². The molecule has 0 saturated carbocycles. The number of imidazole rings is 1. The Kier molecular flexibility index (Phi) is 3.21. The van der Waals surface area contributed by atoms with Crippen LogP contribution >= 0.6 is 0 Å². The van der Waals surface area contributed by atoms with Crippen molar-refractivity contribution in [3.8, 4) is 0 Å². The molecule has 3 rings (SSSR count). The van der Waals surface area contributed by atoms with Crippen molar-refractivity contribution < 1.29 is 0 Å². The van der Waals surface area contributed by atoms with Crippen molar-refractivity contribution in [1.29, 1.82) is 0 Å². The van der Waals surface area contributed by atoms with Crippen LogP contribution in [-0.2, 0) is 0 Å². The lowest BCUT2D eigenvalue weighted by Gasteiger charge is -2.11. The number of nitrogens with one attached hydrogen (secondary N) is 1. The van der Waals surface area contributed by atoms with Crippen LogP contribution in [0.2, 0.25) is 0 Å². The Labute approximate surface area is 117 Å². The smallest absolute Gasteiger partial charge is 0.227 e. The maximum absolute atomic E-state index is 4.41. The van der Waals surface area contributed by atoms with Gasteiger partial charge in [-0.2, -0.15) is 0 Å². The topological polar surface area (TPSA) is 44.3 Å². The van der Waals surface area contributed by atoms with Gasteiger partial charge in [-0.15, -0.1) is 0 Å². The van der Waals surface area contributed by atoms with Gasteiger partial charge in [0.1, 0.15) is 0 Å². The number of para-hydroxylation sites is 2. The molecule has 4 heteroatoms. The van der Waals surface area contributed by atoms with Crippen LogP contribution < -0.4 is 4.90 Å². The van der Waals surface area contributed by atoms with Crippen molar-refractivity contribution in [3.05, 3.63) is 54.1 Å². The minimum absolute atomic E-state index is 0.628. The number of nitrogens with zero attached hydrogens (tertiary/aromatic N) is 3. The largest absolute Gasteiger partial charge is 0.378 e. The van der Waals surface area contributed by atoms with Crippen molar-refractivity contribution in [2.75, 3.05) is 19.0 Å². The zero-order chi connectivity index (χ0) is 13.9. The summed E-state index contributed by atoms with van der Waals surface area (Å²) in [5.74, 6) is 0.628. The molecule has 20 heavy (non-hydrogen) atoms. The molecule has 1 aromatic heterocycles. The Morgan fingerprint density at radius 3 is 2.50 bits per heavy atom. The predicted octanol–water partition coefficient (Wildman–Crippen LogP) is 3.38. The Balaban J connectivity index is 1.82. The standard InChI is InChI=1S/C16H16N4/c1-20(2)13-9-7-12(8-10-13)11-17-16-18-14-5-3-4-6-15(14)19-16/h3-11H,1-2H3,(H,18,19). The van der Waals surface area contributed by atoms with E-state index in [4.69, 9.17) is 0 Å². The fraction of sp³-hybridized carbons (Fsp3) is 0.125. The summed E-state index contributed by atoms with van der Waals surface area (Å²) < 4.78 is 0. The van der Waals surface area contributed by atoms with Crippen LogP contribution in [0.5, 0.6) is 0 Å². The second kappa shape index (κ2) is 5.17. The Morgan fingerprint density at radius 1 is 1.05 bits per heavy atom. The van der Waals surface area contributed by atoms with Crippen LogP contribution in [0.3, 0.4) is 0 Å². The van der Waals surface area contributed by atoms with Gasteiger partial charge in [0.2, 0.25) is 5.95 Å². The third kappa shape index (κ3) is 2.54. The first kappa shape index (κ1) is 12.4. The van der Waals surface area contributed by atoms with Crippen molar-refractivity contribution >= 4 is 28.9 Å². The molecule has 1 heterocycles. The molecule has 0 fully saturated rings. The highest BCUT2D eigenvalue weighted by atomic mass is 15.1. The van der Waals surface area contributed by atoms with E-state index in [9.17, 15) is 0 Å². The summed E-state index contributed by atoms with van der Waals surface area (Å²) in [6.07, 6.45) is 1.82. The summed E-state index contributed by atoms with van der Waals surface area (Å²) in [4.78, 5) is 14.0. The summed E-state index contributed by atoms with van der Waals surface area (Å²) in [7, 11) is 4.05. The molecule has 0 saturated heterocycles. The molecular formula is C16H16N4. The van der Waals surface area contributed by atoms with Gasteiger partial charge in [0.25, 0.3) is 0 Å². The zero-order valence-corrected chi connectivity index (χ0v) is 11.5. The Hall–Kier alpha value is -2.62. The highest BCUT2D eigenvalue weighted by Gasteiger charge is 1.99. The molecule has 4 nitrogen and oxygen atoms in total. The average Bonchev–Trinajstić information content (AvgIpc) is 2.88. The lowest BCUT2D eigenvalue weighted by Crippen LogP contribution is -2.08. The first-order valence-corrected chi connectivity index (χ1v) is 6.48. The molecule has 0 radical (unpaired) electrons. The predicted molar refractivity (Wildman–Crippen MR) is 84.1 cm³/mol. The fourth-order valence-corrected chi connectivity index (χ4v) is 1.99. The number of H-pyrrole nitrogens is 1. The number of benzene rings is 2. The molecule has 2 aromatic carbocycles. The summed E-state index contributed by atoms with van der Waals surface area (Å²) >= 11 is 0. The van der Waals surface area contributed by atoms with Gasteiger partial charge in [-0.3, -0.25) is 0 Å². The van der Waals surface area contributed by atoms with Crippen LogP contribution in [0, 0.1) is 0 Å². The van der Waals surface area contributed by atoms with Gasteiger partial charge < -0.3 is 9.88 Å². The van der Waals surface area contributed by atoms with Gasteiger partial charge in [-0.1, -0.05) is 24.3 Å². The second-order valence-corrected chi connectivity index (χ2v) is 4.82. The van der Waals surface area contributed by atoms with E-state index in [0.29, 0.717) is 5.95 Å². The van der Waals surface area contributed by atoms with E-state index in [1.807, 2.05) is 56.7 Å². The van der Waals surface area contributed by atoms with Crippen LogP contribution in [-0.4, -0.2) is 30.3 Å². The van der Waals surface area contributed by atoms with Gasteiger partial charge in [-0.25, -0.2) is 9.98 Å².